The van der Waals surface area contributed by atoms with E-state index in [1.54, 1.807) is 38.5 Å². The molecule has 2 heterocycles. The molecule has 0 bridgehead atoms. The Kier molecular flexibility index (Phi) is 5.25. The van der Waals surface area contributed by atoms with Crippen molar-refractivity contribution in [2.24, 2.45) is 0 Å². The highest BCUT2D eigenvalue weighted by atomic mass is 16.5. The van der Waals surface area contributed by atoms with Crippen molar-refractivity contribution < 1.29 is 23.8 Å². The molecule has 176 valence electrons. The third kappa shape index (κ3) is 3.25. The van der Waals surface area contributed by atoms with Crippen LogP contribution in [0.3, 0.4) is 0 Å². The molecule has 7 nitrogen and oxygen atoms in total. The van der Waals surface area contributed by atoms with Crippen LogP contribution in [0.25, 0.3) is 0 Å². The van der Waals surface area contributed by atoms with Gasteiger partial charge >= 0.3 is 0 Å². The number of carbonyl (C=O) groups excluding carboxylic acids is 2. The second-order valence-electron chi connectivity index (χ2n) is 9.05. The normalized spacial score (nSPS) is 15.0. The number of nitriles is 1. The molecular formula is C28H24N2O5. The van der Waals surface area contributed by atoms with E-state index in [2.05, 4.69) is 19.9 Å². The SMILES string of the molecule is COc1ccc2c(c1CC#N)Oc1c(ccc(OC)c1CN1C(=O)c3ccccc3C1=O)C2(C)C. The van der Waals surface area contributed by atoms with Crippen molar-refractivity contribution in [2.45, 2.75) is 32.2 Å². The molecule has 0 spiro atoms. The first-order chi connectivity index (χ1) is 16.8. The highest BCUT2D eigenvalue weighted by Crippen LogP contribution is 2.53. The number of nitrogens with zero attached hydrogens (tertiary/aromatic N) is 2. The third-order valence-electron chi connectivity index (χ3n) is 6.88. The predicted octanol–water partition coefficient (Wildman–Crippen LogP) is 5.00. The number of ether oxygens (including phenoxy) is 3. The lowest BCUT2D eigenvalue weighted by molar-refractivity contribution is 0.0640. The minimum absolute atomic E-state index is 0.0122. The van der Waals surface area contributed by atoms with Gasteiger partial charge in [0.15, 0.2) is 0 Å². The van der Waals surface area contributed by atoms with Gasteiger partial charge in [-0.15, -0.1) is 0 Å². The second kappa shape index (κ2) is 8.17. The van der Waals surface area contributed by atoms with E-state index in [0.717, 1.165) is 11.1 Å². The van der Waals surface area contributed by atoms with Crippen LogP contribution >= 0.6 is 0 Å². The Morgan fingerprint density at radius 3 is 1.89 bits per heavy atom. The van der Waals surface area contributed by atoms with Crippen LogP contribution in [0.1, 0.15) is 56.8 Å². The molecule has 0 atom stereocenters. The highest BCUT2D eigenvalue weighted by molar-refractivity contribution is 6.21. The summed E-state index contributed by atoms with van der Waals surface area (Å²) >= 11 is 0. The Balaban J connectivity index is 1.67. The molecule has 0 fully saturated rings. The van der Waals surface area contributed by atoms with Crippen molar-refractivity contribution in [3.8, 4) is 29.1 Å². The molecule has 3 aromatic rings. The largest absolute Gasteiger partial charge is 0.496 e. The van der Waals surface area contributed by atoms with Crippen molar-refractivity contribution in [2.75, 3.05) is 14.2 Å². The van der Waals surface area contributed by atoms with E-state index in [9.17, 15) is 14.9 Å². The molecule has 5 rings (SSSR count). The van der Waals surface area contributed by atoms with Gasteiger partial charge in [0.1, 0.15) is 23.0 Å². The van der Waals surface area contributed by atoms with E-state index in [0.29, 0.717) is 45.3 Å². The van der Waals surface area contributed by atoms with Gasteiger partial charge in [-0.2, -0.15) is 5.26 Å². The van der Waals surface area contributed by atoms with E-state index < -0.39 is 5.41 Å². The van der Waals surface area contributed by atoms with E-state index >= 15 is 0 Å². The maximum atomic E-state index is 13.1. The van der Waals surface area contributed by atoms with Crippen molar-refractivity contribution in [1.29, 1.82) is 5.26 Å². The second-order valence-corrected chi connectivity index (χ2v) is 9.05. The average Bonchev–Trinajstić information content (AvgIpc) is 3.10. The Hall–Kier alpha value is -4.31. The molecule has 3 aromatic carbocycles. The summed E-state index contributed by atoms with van der Waals surface area (Å²) < 4.78 is 17.7. The molecule has 35 heavy (non-hydrogen) atoms. The van der Waals surface area contributed by atoms with Gasteiger partial charge < -0.3 is 14.2 Å². The molecule has 2 aliphatic heterocycles. The summed E-state index contributed by atoms with van der Waals surface area (Å²) in [5.74, 6) is 1.44. The van der Waals surface area contributed by atoms with E-state index in [4.69, 9.17) is 14.2 Å². The molecule has 0 aliphatic carbocycles. The van der Waals surface area contributed by atoms with Crippen molar-refractivity contribution in [1.82, 2.24) is 4.90 Å². The van der Waals surface area contributed by atoms with Crippen LogP contribution in [0.5, 0.6) is 23.0 Å². The van der Waals surface area contributed by atoms with Gasteiger partial charge in [0.2, 0.25) is 0 Å². The van der Waals surface area contributed by atoms with Crippen molar-refractivity contribution in [3.05, 3.63) is 81.9 Å². The summed E-state index contributed by atoms with van der Waals surface area (Å²) in [6.45, 7) is 4.14. The Labute approximate surface area is 203 Å². The van der Waals surface area contributed by atoms with Crippen LogP contribution < -0.4 is 14.2 Å². The summed E-state index contributed by atoms with van der Waals surface area (Å²) in [7, 11) is 3.10. The first kappa shape index (κ1) is 22.5. The number of amides is 2. The van der Waals surface area contributed by atoms with Gasteiger partial charge in [0.25, 0.3) is 11.8 Å². The lowest BCUT2D eigenvalue weighted by Gasteiger charge is -2.37. The molecule has 0 radical (unpaired) electrons. The number of benzene rings is 3. The molecule has 7 heteroatoms. The quantitative estimate of drug-likeness (QED) is 0.490. The van der Waals surface area contributed by atoms with Gasteiger partial charge in [-0.25, -0.2) is 0 Å². The summed E-state index contributed by atoms with van der Waals surface area (Å²) in [5.41, 5.74) is 3.34. The molecule has 0 saturated heterocycles. The topological polar surface area (TPSA) is 88.9 Å². The van der Waals surface area contributed by atoms with E-state index in [-0.39, 0.29) is 24.8 Å². The molecule has 0 aromatic heterocycles. The lowest BCUT2D eigenvalue weighted by atomic mass is 9.74. The molecule has 0 unspecified atom stereocenters. The van der Waals surface area contributed by atoms with Crippen molar-refractivity contribution >= 4 is 11.8 Å². The number of methoxy groups -OCH3 is 2. The van der Waals surface area contributed by atoms with Gasteiger partial charge in [0.05, 0.1) is 55.5 Å². The first-order valence-electron chi connectivity index (χ1n) is 11.2. The minimum atomic E-state index is -0.484. The zero-order valence-electron chi connectivity index (χ0n) is 20.0. The summed E-state index contributed by atoms with van der Waals surface area (Å²) in [6, 6.07) is 16.6. The number of hydrogen-bond acceptors (Lipinski definition) is 6. The monoisotopic (exact) mass is 468 g/mol. The third-order valence-corrected chi connectivity index (χ3v) is 6.88. The molecule has 0 saturated carbocycles. The first-order valence-corrected chi connectivity index (χ1v) is 11.2. The fourth-order valence-electron chi connectivity index (χ4n) is 5.00. The average molecular weight is 469 g/mol. The fourth-order valence-corrected chi connectivity index (χ4v) is 5.00. The highest BCUT2D eigenvalue weighted by Gasteiger charge is 2.41. The number of carbonyl (C=O) groups is 2. The molecule has 0 N–H and O–H groups in total. The zero-order valence-corrected chi connectivity index (χ0v) is 20.0. The predicted molar refractivity (Wildman–Crippen MR) is 128 cm³/mol. The smallest absolute Gasteiger partial charge is 0.261 e. The molecule has 2 amide bonds. The number of imide groups is 1. The van der Waals surface area contributed by atoms with Crippen LogP contribution in [-0.2, 0) is 18.4 Å². The summed E-state index contributed by atoms with van der Waals surface area (Å²) in [6.07, 6.45) is 0.107. The lowest BCUT2D eigenvalue weighted by Crippen LogP contribution is -2.31. The zero-order chi connectivity index (χ0) is 24.9. The van der Waals surface area contributed by atoms with Crippen LogP contribution in [0, 0.1) is 11.3 Å². The van der Waals surface area contributed by atoms with E-state index in [1.165, 1.54) is 4.90 Å². The Bertz CT molecular complexity index is 1400. The van der Waals surface area contributed by atoms with Crippen LogP contribution in [0.4, 0.5) is 0 Å². The summed E-state index contributed by atoms with van der Waals surface area (Å²) in [4.78, 5) is 27.4. The molecule has 2 aliphatic rings. The van der Waals surface area contributed by atoms with Gasteiger partial charge in [0, 0.05) is 16.5 Å². The standard InChI is InChI=1S/C28H24N2O5/c1-28(2)20-9-11-22(33-3)18(13-14-29)24(20)35-25-19(23(34-4)12-10-21(25)28)15-30-26(31)16-7-5-6-8-17(16)27(30)32/h5-12H,13,15H2,1-4H3. The maximum absolute atomic E-state index is 13.1. The Morgan fingerprint density at radius 1 is 0.857 bits per heavy atom. The minimum Gasteiger partial charge on any atom is -0.496 e. The van der Waals surface area contributed by atoms with Gasteiger partial charge in [-0.05, 0) is 24.3 Å². The van der Waals surface area contributed by atoms with Crippen LogP contribution in [0.15, 0.2) is 48.5 Å². The maximum Gasteiger partial charge on any atom is 0.261 e. The fraction of sp³-hybridized carbons (Fsp3) is 0.250. The Morgan fingerprint density at radius 2 is 1.37 bits per heavy atom. The summed E-state index contributed by atoms with van der Waals surface area (Å²) in [5, 5.41) is 9.47. The van der Waals surface area contributed by atoms with Gasteiger partial charge in [-0.1, -0.05) is 38.1 Å². The number of rotatable bonds is 5. The van der Waals surface area contributed by atoms with Crippen LogP contribution in [-0.4, -0.2) is 30.9 Å². The van der Waals surface area contributed by atoms with E-state index in [1.807, 2.05) is 24.3 Å². The van der Waals surface area contributed by atoms with Crippen molar-refractivity contribution in [3.63, 3.8) is 0 Å². The van der Waals surface area contributed by atoms with Crippen LogP contribution in [0.2, 0.25) is 0 Å². The van der Waals surface area contributed by atoms with Gasteiger partial charge in [-0.3, -0.25) is 14.5 Å². The number of hydrogen-bond donors (Lipinski definition) is 0. The number of fused-ring (bicyclic) bond motifs is 3. The molecular weight excluding hydrogens is 444 g/mol.